The van der Waals surface area contributed by atoms with Gasteiger partial charge in [0.1, 0.15) is 0 Å². The van der Waals surface area contributed by atoms with E-state index < -0.39 is 0 Å². The molecule has 0 unspecified atom stereocenters. The van der Waals surface area contributed by atoms with Crippen LogP contribution in [0.4, 0.5) is 11.4 Å². The van der Waals surface area contributed by atoms with Crippen LogP contribution in [-0.2, 0) is 14.4 Å². The fourth-order valence-electron chi connectivity index (χ4n) is 2.67. The van der Waals surface area contributed by atoms with E-state index in [1.807, 2.05) is 25.1 Å². The molecule has 30 heavy (non-hydrogen) atoms. The maximum Gasteiger partial charge on any atom is 0.244 e. The van der Waals surface area contributed by atoms with Crippen LogP contribution in [0.5, 0.6) is 0 Å². The van der Waals surface area contributed by atoms with Gasteiger partial charge >= 0.3 is 0 Å². The molecule has 0 aliphatic rings. The number of amides is 3. The number of hydrogen-bond acceptors (Lipinski definition) is 4. The molecule has 0 fully saturated rings. The van der Waals surface area contributed by atoms with E-state index in [1.54, 1.807) is 36.2 Å². The summed E-state index contributed by atoms with van der Waals surface area (Å²) < 4.78 is 0.933. The van der Waals surface area contributed by atoms with Gasteiger partial charge in [-0.1, -0.05) is 39.7 Å². The summed E-state index contributed by atoms with van der Waals surface area (Å²) >= 11 is 9.40. The Morgan fingerprint density at radius 2 is 1.57 bits per heavy atom. The van der Waals surface area contributed by atoms with Gasteiger partial charge in [-0.2, -0.15) is 0 Å². The summed E-state index contributed by atoms with van der Waals surface area (Å²) in [6, 6.07) is 12.4. The molecule has 0 aromatic heterocycles. The SMILES string of the molecule is Cc1cc(Br)ccc1NC(=O)CN(C)CC(=O)N(C)CC(=O)Nc1ccccc1Cl. The number of aryl methyl sites for hydroxylation is 1. The van der Waals surface area contributed by atoms with Crippen LogP contribution in [0.25, 0.3) is 0 Å². The summed E-state index contributed by atoms with van der Waals surface area (Å²) in [5.74, 6) is -0.862. The van der Waals surface area contributed by atoms with Crippen molar-refractivity contribution in [3.8, 4) is 0 Å². The van der Waals surface area contributed by atoms with Crippen molar-refractivity contribution in [2.24, 2.45) is 0 Å². The summed E-state index contributed by atoms with van der Waals surface area (Å²) in [5, 5.41) is 5.93. The number of likely N-dealkylation sites (N-methyl/N-ethyl adjacent to an activating group) is 2. The Bertz CT molecular complexity index is 938. The molecule has 9 heteroatoms. The lowest BCUT2D eigenvalue weighted by molar-refractivity contribution is -0.134. The first-order chi connectivity index (χ1) is 14.2. The van der Waals surface area contributed by atoms with Gasteiger partial charge in [0.25, 0.3) is 0 Å². The lowest BCUT2D eigenvalue weighted by Gasteiger charge is -2.21. The number of nitrogens with zero attached hydrogens (tertiary/aromatic N) is 2. The highest BCUT2D eigenvalue weighted by atomic mass is 79.9. The van der Waals surface area contributed by atoms with Gasteiger partial charge in [0, 0.05) is 17.2 Å². The van der Waals surface area contributed by atoms with Crippen LogP contribution in [-0.4, -0.2) is 61.3 Å². The molecule has 2 N–H and O–H groups in total. The van der Waals surface area contributed by atoms with Gasteiger partial charge in [0.05, 0.1) is 30.3 Å². The third-order valence-electron chi connectivity index (χ3n) is 4.24. The maximum atomic E-state index is 12.4. The lowest BCUT2D eigenvalue weighted by Crippen LogP contribution is -2.42. The molecule has 0 aliphatic heterocycles. The Kier molecular flexibility index (Phi) is 8.83. The second-order valence-electron chi connectivity index (χ2n) is 6.96. The number of anilines is 2. The first-order valence-electron chi connectivity index (χ1n) is 9.18. The average molecular weight is 496 g/mol. The van der Waals surface area contributed by atoms with Crippen molar-refractivity contribution in [1.29, 1.82) is 0 Å². The van der Waals surface area contributed by atoms with E-state index in [9.17, 15) is 14.4 Å². The predicted molar refractivity (Wildman–Crippen MR) is 123 cm³/mol. The second-order valence-corrected chi connectivity index (χ2v) is 8.28. The van der Waals surface area contributed by atoms with Crippen LogP contribution < -0.4 is 10.6 Å². The molecule has 7 nitrogen and oxygen atoms in total. The van der Waals surface area contributed by atoms with Gasteiger partial charge in [0.15, 0.2) is 0 Å². The number of rotatable bonds is 8. The van der Waals surface area contributed by atoms with Gasteiger partial charge < -0.3 is 15.5 Å². The average Bonchev–Trinajstić information content (AvgIpc) is 2.65. The minimum Gasteiger partial charge on any atom is -0.335 e. The molecule has 0 spiro atoms. The monoisotopic (exact) mass is 494 g/mol. The van der Waals surface area contributed by atoms with Crippen molar-refractivity contribution >= 4 is 56.6 Å². The van der Waals surface area contributed by atoms with E-state index >= 15 is 0 Å². The van der Waals surface area contributed by atoms with Crippen molar-refractivity contribution in [2.75, 3.05) is 44.4 Å². The van der Waals surface area contributed by atoms with Crippen molar-refractivity contribution < 1.29 is 14.4 Å². The summed E-state index contributed by atoms with van der Waals surface area (Å²) in [4.78, 5) is 39.7. The van der Waals surface area contributed by atoms with Crippen LogP contribution in [0.3, 0.4) is 0 Å². The van der Waals surface area contributed by atoms with Gasteiger partial charge in [-0.05, 0) is 49.9 Å². The van der Waals surface area contributed by atoms with Gasteiger partial charge in [-0.25, -0.2) is 0 Å². The fourth-order valence-corrected chi connectivity index (χ4v) is 3.32. The molecule has 2 rings (SSSR count). The van der Waals surface area contributed by atoms with Crippen molar-refractivity contribution in [3.63, 3.8) is 0 Å². The van der Waals surface area contributed by atoms with Crippen molar-refractivity contribution in [1.82, 2.24) is 9.80 Å². The normalized spacial score (nSPS) is 10.6. The summed E-state index contributed by atoms with van der Waals surface area (Å²) in [5.41, 5.74) is 2.14. The Morgan fingerprint density at radius 3 is 2.23 bits per heavy atom. The molecule has 0 bridgehead atoms. The minimum atomic E-state index is -0.356. The zero-order chi connectivity index (χ0) is 22.3. The van der Waals surface area contributed by atoms with E-state index in [4.69, 9.17) is 11.6 Å². The van der Waals surface area contributed by atoms with Crippen molar-refractivity contribution in [3.05, 3.63) is 57.5 Å². The molecule has 2 aromatic carbocycles. The van der Waals surface area contributed by atoms with E-state index in [-0.39, 0.29) is 37.4 Å². The Morgan fingerprint density at radius 1 is 0.933 bits per heavy atom. The zero-order valence-corrected chi connectivity index (χ0v) is 19.4. The molecule has 160 valence electrons. The third kappa shape index (κ3) is 7.44. The van der Waals surface area contributed by atoms with E-state index in [2.05, 4.69) is 26.6 Å². The molecular formula is C21H24BrClN4O3. The lowest BCUT2D eigenvalue weighted by atomic mass is 10.2. The molecule has 3 amide bonds. The first-order valence-corrected chi connectivity index (χ1v) is 10.4. The Labute approximate surface area is 189 Å². The highest BCUT2D eigenvalue weighted by molar-refractivity contribution is 9.10. The quantitative estimate of drug-likeness (QED) is 0.588. The van der Waals surface area contributed by atoms with E-state index in [1.165, 1.54) is 11.9 Å². The van der Waals surface area contributed by atoms with Gasteiger partial charge in [0.2, 0.25) is 17.7 Å². The molecule has 0 heterocycles. The number of hydrogen-bond donors (Lipinski definition) is 2. The molecule has 0 radical (unpaired) electrons. The molecule has 2 aromatic rings. The number of nitrogens with one attached hydrogen (secondary N) is 2. The van der Waals surface area contributed by atoms with E-state index in [0.29, 0.717) is 10.7 Å². The Balaban J connectivity index is 1.80. The Hall–Kier alpha value is -2.42. The largest absolute Gasteiger partial charge is 0.335 e. The summed E-state index contributed by atoms with van der Waals surface area (Å²) in [6.45, 7) is 1.82. The summed E-state index contributed by atoms with van der Waals surface area (Å²) in [7, 11) is 3.21. The molecule has 0 saturated carbocycles. The predicted octanol–water partition coefficient (Wildman–Crippen LogP) is 3.38. The van der Waals surface area contributed by atoms with Crippen LogP contribution in [0, 0.1) is 6.92 Å². The topological polar surface area (TPSA) is 81.8 Å². The maximum absolute atomic E-state index is 12.4. The molecule has 0 aliphatic carbocycles. The van der Waals surface area contributed by atoms with Gasteiger partial charge in [-0.3, -0.25) is 19.3 Å². The number of benzene rings is 2. The molecular weight excluding hydrogens is 472 g/mol. The van der Waals surface area contributed by atoms with Crippen LogP contribution in [0.15, 0.2) is 46.9 Å². The van der Waals surface area contributed by atoms with Gasteiger partial charge in [-0.15, -0.1) is 0 Å². The summed E-state index contributed by atoms with van der Waals surface area (Å²) in [6.07, 6.45) is 0. The smallest absolute Gasteiger partial charge is 0.244 e. The zero-order valence-electron chi connectivity index (χ0n) is 17.0. The first kappa shape index (κ1) is 23.9. The van der Waals surface area contributed by atoms with Crippen molar-refractivity contribution in [2.45, 2.75) is 6.92 Å². The number of halogens is 2. The highest BCUT2D eigenvalue weighted by Crippen LogP contribution is 2.21. The number of carbonyl (C=O) groups is 3. The number of carbonyl (C=O) groups excluding carboxylic acids is 3. The molecule has 0 saturated heterocycles. The fraction of sp³-hybridized carbons (Fsp3) is 0.286. The standard InChI is InChI=1S/C21H24BrClN4O3/c1-14-10-15(22)8-9-17(14)24-19(28)11-26(2)13-21(30)27(3)12-20(29)25-18-7-5-4-6-16(18)23/h4-10H,11-13H2,1-3H3,(H,24,28)(H,25,29). The second kappa shape index (κ2) is 11.1. The third-order valence-corrected chi connectivity index (χ3v) is 5.06. The molecule has 0 atom stereocenters. The van der Waals surface area contributed by atoms with Crippen LogP contribution >= 0.6 is 27.5 Å². The van der Waals surface area contributed by atoms with Crippen LogP contribution in [0.1, 0.15) is 5.56 Å². The van der Waals surface area contributed by atoms with E-state index in [0.717, 1.165) is 15.7 Å². The number of para-hydroxylation sites is 1. The minimum absolute atomic E-state index is 0.00259. The highest BCUT2D eigenvalue weighted by Gasteiger charge is 2.17. The van der Waals surface area contributed by atoms with Crippen LogP contribution in [0.2, 0.25) is 5.02 Å².